The normalized spacial score (nSPS) is 16.6. The number of rotatable bonds is 5. The maximum absolute atomic E-state index is 12.6. The summed E-state index contributed by atoms with van der Waals surface area (Å²) in [6.45, 7) is 5.22. The van der Waals surface area contributed by atoms with Crippen LogP contribution in [-0.4, -0.2) is 48.0 Å². The van der Waals surface area contributed by atoms with E-state index >= 15 is 0 Å². The van der Waals surface area contributed by atoms with E-state index < -0.39 is 17.8 Å². The Hall–Kier alpha value is -2.54. The van der Waals surface area contributed by atoms with Gasteiger partial charge in [0.05, 0.1) is 5.56 Å². The average Bonchev–Trinajstić information content (AvgIpc) is 2.68. The highest BCUT2D eigenvalue weighted by Gasteiger charge is 2.30. The van der Waals surface area contributed by atoms with E-state index in [2.05, 4.69) is 17.0 Å². The third kappa shape index (κ3) is 5.25. The van der Waals surface area contributed by atoms with Crippen LogP contribution in [0, 0.1) is 0 Å². The summed E-state index contributed by atoms with van der Waals surface area (Å²) >= 11 is 0. The van der Waals surface area contributed by atoms with Crippen molar-refractivity contribution in [3.8, 4) is 5.75 Å². The number of halogens is 3. The maximum atomic E-state index is 12.6. The second-order valence-corrected chi connectivity index (χ2v) is 6.87. The molecule has 1 aliphatic rings. The summed E-state index contributed by atoms with van der Waals surface area (Å²) in [5.74, 6) is 0.0934. The highest BCUT2D eigenvalue weighted by atomic mass is 19.4. The minimum Gasteiger partial charge on any atom is -0.481 e. The van der Waals surface area contributed by atoms with E-state index in [1.165, 1.54) is 17.7 Å². The molecule has 0 saturated carbocycles. The Balaban J connectivity index is 1.49. The lowest BCUT2D eigenvalue weighted by molar-refractivity contribution is -0.140. The van der Waals surface area contributed by atoms with E-state index in [1.54, 1.807) is 11.8 Å². The molecule has 150 valence electrons. The molecule has 4 nitrogen and oxygen atoms in total. The molecule has 0 aliphatic carbocycles. The fraction of sp³-hybridized carbons (Fsp3) is 0.381. The van der Waals surface area contributed by atoms with Gasteiger partial charge in [-0.25, -0.2) is 0 Å². The van der Waals surface area contributed by atoms with Gasteiger partial charge in [-0.15, -0.1) is 0 Å². The molecule has 1 fully saturated rings. The number of carbonyl (C=O) groups is 1. The van der Waals surface area contributed by atoms with Gasteiger partial charge in [0.1, 0.15) is 5.75 Å². The molecule has 0 N–H and O–H groups in total. The SMILES string of the molecule is CC(Oc1ccc(C(F)(F)F)cc1)C(=O)N1CCN(Cc2ccccc2)CC1. The number of carbonyl (C=O) groups excluding carboxylic acids is 1. The van der Waals surface area contributed by atoms with Crippen molar-refractivity contribution < 1.29 is 22.7 Å². The Labute approximate surface area is 162 Å². The van der Waals surface area contributed by atoms with Crippen LogP contribution in [0.5, 0.6) is 5.75 Å². The van der Waals surface area contributed by atoms with Crippen molar-refractivity contribution in [2.75, 3.05) is 26.2 Å². The molecule has 1 unspecified atom stereocenters. The highest BCUT2D eigenvalue weighted by Crippen LogP contribution is 2.30. The first-order chi connectivity index (χ1) is 13.3. The van der Waals surface area contributed by atoms with Gasteiger partial charge in [-0.2, -0.15) is 13.2 Å². The van der Waals surface area contributed by atoms with Crippen LogP contribution in [-0.2, 0) is 17.5 Å². The van der Waals surface area contributed by atoms with Gasteiger partial charge in [0.15, 0.2) is 6.10 Å². The van der Waals surface area contributed by atoms with Crippen LogP contribution >= 0.6 is 0 Å². The van der Waals surface area contributed by atoms with Crippen molar-refractivity contribution in [2.45, 2.75) is 25.7 Å². The van der Waals surface area contributed by atoms with E-state index in [1.807, 2.05) is 18.2 Å². The first-order valence-electron chi connectivity index (χ1n) is 9.22. The molecule has 2 aromatic rings. The fourth-order valence-electron chi connectivity index (χ4n) is 3.20. The van der Waals surface area contributed by atoms with Crippen LogP contribution in [0.2, 0.25) is 0 Å². The van der Waals surface area contributed by atoms with Crippen molar-refractivity contribution >= 4 is 5.91 Å². The Kier molecular flexibility index (Phi) is 6.24. The minimum atomic E-state index is -4.39. The number of nitrogens with zero attached hydrogens (tertiary/aromatic N) is 2. The predicted octanol–water partition coefficient (Wildman–Crippen LogP) is 3.82. The summed E-state index contributed by atoms with van der Waals surface area (Å²) in [6, 6.07) is 14.6. The van der Waals surface area contributed by atoms with Gasteiger partial charge >= 0.3 is 6.18 Å². The van der Waals surface area contributed by atoms with E-state index in [9.17, 15) is 18.0 Å². The molecule has 1 saturated heterocycles. The van der Waals surface area contributed by atoms with Crippen LogP contribution < -0.4 is 4.74 Å². The number of alkyl halides is 3. The second kappa shape index (κ2) is 8.65. The number of benzene rings is 2. The van der Waals surface area contributed by atoms with Crippen molar-refractivity contribution in [1.82, 2.24) is 9.80 Å². The molecule has 0 spiro atoms. The largest absolute Gasteiger partial charge is 0.481 e. The number of ether oxygens (including phenoxy) is 1. The third-order valence-corrected chi connectivity index (χ3v) is 4.78. The molecule has 1 aliphatic heterocycles. The van der Waals surface area contributed by atoms with Gasteiger partial charge < -0.3 is 9.64 Å². The van der Waals surface area contributed by atoms with E-state index in [0.717, 1.165) is 31.8 Å². The van der Waals surface area contributed by atoms with Gasteiger partial charge in [0.25, 0.3) is 5.91 Å². The molecule has 0 bridgehead atoms. The van der Waals surface area contributed by atoms with Gasteiger partial charge in [0.2, 0.25) is 0 Å². The van der Waals surface area contributed by atoms with Crippen molar-refractivity contribution in [1.29, 1.82) is 0 Å². The number of piperazine rings is 1. The highest BCUT2D eigenvalue weighted by molar-refractivity contribution is 5.81. The fourth-order valence-corrected chi connectivity index (χ4v) is 3.20. The van der Waals surface area contributed by atoms with Gasteiger partial charge in [-0.1, -0.05) is 30.3 Å². The van der Waals surface area contributed by atoms with Gasteiger partial charge in [0, 0.05) is 32.7 Å². The first-order valence-corrected chi connectivity index (χ1v) is 9.22. The maximum Gasteiger partial charge on any atom is 0.416 e. The van der Waals surface area contributed by atoms with Gasteiger partial charge in [-0.3, -0.25) is 9.69 Å². The van der Waals surface area contributed by atoms with Crippen molar-refractivity contribution in [3.63, 3.8) is 0 Å². The third-order valence-electron chi connectivity index (χ3n) is 4.78. The van der Waals surface area contributed by atoms with Crippen LogP contribution in [0.1, 0.15) is 18.1 Å². The Morgan fingerprint density at radius 1 is 1.00 bits per heavy atom. The molecule has 7 heteroatoms. The van der Waals surface area contributed by atoms with Crippen LogP contribution in [0.4, 0.5) is 13.2 Å². The Bertz CT molecular complexity index is 770. The predicted molar refractivity (Wildman–Crippen MR) is 99.8 cm³/mol. The molecule has 28 heavy (non-hydrogen) atoms. The van der Waals surface area contributed by atoms with Crippen LogP contribution in [0.3, 0.4) is 0 Å². The molecule has 0 aromatic heterocycles. The molecule has 1 amide bonds. The zero-order chi connectivity index (χ0) is 20.1. The minimum absolute atomic E-state index is 0.153. The lowest BCUT2D eigenvalue weighted by Crippen LogP contribution is -2.51. The zero-order valence-electron chi connectivity index (χ0n) is 15.7. The molecule has 2 aromatic carbocycles. The monoisotopic (exact) mass is 392 g/mol. The zero-order valence-corrected chi connectivity index (χ0v) is 15.7. The second-order valence-electron chi connectivity index (χ2n) is 6.87. The smallest absolute Gasteiger partial charge is 0.416 e. The van der Waals surface area contributed by atoms with Crippen molar-refractivity contribution in [2.24, 2.45) is 0 Å². The lowest BCUT2D eigenvalue weighted by atomic mass is 10.2. The summed E-state index contributed by atoms with van der Waals surface area (Å²) < 4.78 is 43.4. The van der Waals surface area contributed by atoms with Crippen LogP contribution in [0.25, 0.3) is 0 Å². The van der Waals surface area contributed by atoms with E-state index in [4.69, 9.17) is 4.74 Å². The molecule has 1 heterocycles. The van der Waals surface area contributed by atoms with E-state index in [0.29, 0.717) is 13.1 Å². The summed E-state index contributed by atoms with van der Waals surface area (Å²) in [7, 11) is 0. The quantitative estimate of drug-likeness (QED) is 0.776. The average molecular weight is 392 g/mol. The molecule has 0 radical (unpaired) electrons. The summed E-state index contributed by atoms with van der Waals surface area (Å²) in [5.41, 5.74) is 0.495. The van der Waals surface area contributed by atoms with Crippen molar-refractivity contribution in [3.05, 3.63) is 65.7 Å². The lowest BCUT2D eigenvalue weighted by Gasteiger charge is -2.35. The summed E-state index contributed by atoms with van der Waals surface area (Å²) in [6.07, 6.45) is -5.14. The summed E-state index contributed by atoms with van der Waals surface area (Å²) in [4.78, 5) is 16.6. The number of amides is 1. The topological polar surface area (TPSA) is 32.8 Å². The van der Waals surface area contributed by atoms with Gasteiger partial charge in [-0.05, 0) is 36.8 Å². The molecule has 1 atom stereocenters. The number of hydrogen-bond donors (Lipinski definition) is 0. The number of hydrogen-bond acceptors (Lipinski definition) is 3. The molecular formula is C21H23F3N2O2. The Morgan fingerprint density at radius 2 is 1.61 bits per heavy atom. The summed E-state index contributed by atoms with van der Waals surface area (Å²) in [5, 5.41) is 0. The molecule has 3 rings (SSSR count). The standard InChI is InChI=1S/C21H23F3N2O2/c1-16(28-19-9-7-18(8-10-19)21(22,23)24)20(27)26-13-11-25(12-14-26)15-17-5-3-2-4-6-17/h2-10,16H,11-15H2,1H3. The van der Waals surface area contributed by atoms with E-state index in [-0.39, 0.29) is 11.7 Å². The molecular weight excluding hydrogens is 369 g/mol. The Morgan fingerprint density at radius 3 is 2.18 bits per heavy atom. The first kappa shape index (κ1) is 20.2. The van der Waals surface area contributed by atoms with Crippen LogP contribution in [0.15, 0.2) is 54.6 Å².